The number of sulfonamides is 1. The van der Waals surface area contributed by atoms with Crippen molar-refractivity contribution in [3.63, 3.8) is 0 Å². The lowest BCUT2D eigenvalue weighted by molar-refractivity contribution is 0.477. The van der Waals surface area contributed by atoms with Crippen LogP contribution < -0.4 is 9.86 Å². The maximum atomic E-state index is 12.0. The van der Waals surface area contributed by atoms with E-state index in [2.05, 4.69) is 19.7 Å². The highest BCUT2D eigenvalue weighted by atomic mass is 32.2. The van der Waals surface area contributed by atoms with Crippen LogP contribution in [-0.4, -0.2) is 42.3 Å². The van der Waals surface area contributed by atoms with Gasteiger partial charge in [0.05, 0.1) is 21.7 Å². The van der Waals surface area contributed by atoms with Crippen molar-refractivity contribution in [3.8, 4) is 45.7 Å². The molecule has 1 unspecified atom stereocenters. The lowest BCUT2D eigenvalue weighted by Gasteiger charge is -2.12. The Kier molecular flexibility index (Phi) is 6.26. The zero-order chi connectivity index (χ0) is 24.5. The summed E-state index contributed by atoms with van der Waals surface area (Å²) < 4.78 is 46.7. The van der Waals surface area contributed by atoms with Gasteiger partial charge in [0.2, 0.25) is 10.0 Å². The third-order valence-corrected chi connectivity index (χ3v) is 5.93. The van der Waals surface area contributed by atoms with Crippen LogP contribution in [0.15, 0.2) is 71.6 Å². The number of nitrogens with one attached hydrogen (secondary N) is 1. The van der Waals surface area contributed by atoms with Crippen molar-refractivity contribution in [1.82, 2.24) is 15.0 Å². The Hall–Kier alpha value is -3.91. The second-order valence-corrected chi connectivity index (χ2v) is 9.25. The van der Waals surface area contributed by atoms with Crippen LogP contribution in [0.4, 0.5) is 5.69 Å². The van der Waals surface area contributed by atoms with E-state index in [1.165, 1.54) is 24.3 Å². The highest BCUT2D eigenvalue weighted by molar-refractivity contribution is 7.89. The van der Waals surface area contributed by atoms with Crippen molar-refractivity contribution in [2.24, 2.45) is 5.14 Å². The molecule has 4 aromatic rings. The largest absolute Gasteiger partial charge is 0.507 e. The van der Waals surface area contributed by atoms with Gasteiger partial charge in [-0.25, -0.2) is 32.7 Å². The number of rotatable bonds is 6. The first-order chi connectivity index (χ1) is 16.1. The van der Waals surface area contributed by atoms with E-state index in [-0.39, 0.29) is 56.2 Å². The first-order valence-electron chi connectivity index (χ1n) is 9.50. The normalized spacial score (nSPS) is 12.3. The van der Waals surface area contributed by atoms with Crippen LogP contribution in [0, 0.1) is 0 Å². The van der Waals surface area contributed by atoms with Gasteiger partial charge in [-0.05, 0) is 42.5 Å². The minimum absolute atomic E-state index is 0.0315. The molecule has 0 bridgehead atoms. The van der Waals surface area contributed by atoms with Gasteiger partial charge >= 0.3 is 0 Å². The van der Waals surface area contributed by atoms with Crippen LogP contribution in [0.5, 0.6) is 11.5 Å². The van der Waals surface area contributed by atoms with Gasteiger partial charge in [-0.1, -0.05) is 24.3 Å². The molecule has 0 saturated carbocycles. The SMILES string of the molecule is NS(=O)(=O)c1cc(NS(=O)O)cc(-c2nc(-c3ccccc3O)nc(-c3ccccc3O)n2)c1. The van der Waals surface area contributed by atoms with Crippen molar-refractivity contribution < 1.29 is 27.4 Å². The monoisotopic (exact) mass is 499 g/mol. The Morgan fingerprint density at radius 2 is 1.29 bits per heavy atom. The number of aromatic hydroxyl groups is 2. The number of aromatic nitrogens is 3. The number of nitrogens with zero attached hydrogens (tertiary/aromatic N) is 3. The summed E-state index contributed by atoms with van der Waals surface area (Å²) in [5.74, 6) is -0.174. The summed E-state index contributed by atoms with van der Waals surface area (Å²) in [5, 5.41) is 25.9. The predicted molar refractivity (Wildman–Crippen MR) is 125 cm³/mol. The van der Waals surface area contributed by atoms with E-state index < -0.39 is 21.3 Å². The van der Waals surface area contributed by atoms with Crippen LogP contribution in [0.1, 0.15) is 0 Å². The van der Waals surface area contributed by atoms with E-state index in [1.807, 2.05) is 0 Å². The molecule has 11 nitrogen and oxygen atoms in total. The zero-order valence-corrected chi connectivity index (χ0v) is 18.8. The number of nitrogens with two attached hydrogens (primary N) is 1. The van der Waals surface area contributed by atoms with Crippen molar-refractivity contribution >= 4 is 27.0 Å². The summed E-state index contributed by atoms with van der Waals surface area (Å²) in [7, 11) is -4.20. The highest BCUT2D eigenvalue weighted by Crippen LogP contribution is 2.33. The number of anilines is 1. The average molecular weight is 500 g/mol. The average Bonchev–Trinajstić information content (AvgIpc) is 2.78. The molecule has 13 heteroatoms. The summed E-state index contributed by atoms with van der Waals surface area (Å²) in [4.78, 5) is 12.8. The fraction of sp³-hybridized carbons (Fsp3) is 0. The molecule has 0 aliphatic rings. The van der Waals surface area contributed by atoms with Gasteiger partial charge in [0.1, 0.15) is 11.5 Å². The van der Waals surface area contributed by atoms with Gasteiger partial charge in [0.25, 0.3) is 11.3 Å². The standard InChI is InChI=1S/C21H17N5O6S2/c22-34(31,32)14-10-12(9-13(11-14)26-33(29)30)19-23-20(15-5-1-3-7-17(15)27)25-21(24-19)16-6-2-4-8-18(16)28/h1-11,26-28H,(H,29,30)(H2,22,31,32). The van der Waals surface area contributed by atoms with Gasteiger partial charge < -0.3 is 10.2 Å². The number of hydrogen-bond acceptors (Lipinski definition) is 8. The van der Waals surface area contributed by atoms with Crippen molar-refractivity contribution in [2.45, 2.75) is 4.90 Å². The second kappa shape index (κ2) is 9.15. The second-order valence-electron chi connectivity index (χ2n) is 6.98. The van der Waals surface area contributed by atoms with Crippen molar-refractivity contribution in [3.05, 3.63) is 66.7 Å². The molecule has 34 heavy (non-hydrogen) atoms. The molecule has 6 N–H and O–H groups in total. The predicted octanol–water partition coefficient (Wildman–Crippen LogP) is 2.48. The number of phenolic OH excluding ortho intramolecular Hbond substituents is 2. The lowest BCUT2D eigenvalue weighted by atomic mass is 10.1. The quantitative estimate of drug-likeness (QED) is 0.248. The fourth-order valence-corrected chi connectivity index (χ4v) is 4.03. The van der Waals surface area contributed by atoms with Crippen LogP contribution in [0.2, 0.25) is 0 Å². The van der Waals surface area contributed by atoms with Gasteiger partial charge in [-0.3, -0.25) is 9.27 Å². The molecule has 1 heterocycles. The summed E-state index contributed by atoms with van der Waals surface area (Å²) in [6.45, 7) is 0. The van der Waals surface area contributed by atoms with E-state index in [0.717, 1.165) is 6.07 Å². The minimum Gasteiger partial charge on any atom is -0.507 e. The molecule has 1 atom stereocenters. The highest BCUT2D eigenvalue weighted by Gasteiger charge is 2.19. The smallest absolute Gasteiger partial charge is 0.259 e. The number of benzene rings is 3. The molecule has 0 amide bonds. The van der Waals surface area contributed by atoms with Gasteiger partial charge in [-0.2, -0.15) is 0 Å². The lowest BCUT2D eigenvalue weighted by Crippen LogP contribution is -2.13. The van der Waals surface area contributed by atoms with E-state index in [1.54, 1.807) is 36.4 Å². The number of hydrogen-bond donors (Lipinski definition) is 5. The third kappa shape index (κ3) is 5.02. The Morgan fingerprint density at radius 1 is 0.794 bits per heavy atom. The first kappa shape index (κ1) is 23.3. The number of phenols is 2. The number of primary sulfonamides is 1. The van der Waals surface area contributed by atoms with Crippen LogP contribution in [0.25, 0.3) is 34.2 Å². The molecule has 0 aliphatic heterocycles. The molecule has 4 rings (SSSR count). The zero-order valence-electron chi connectivity index (χ0n) is 17.2. The minimum atomic E-state index is -4.20. The summed E-state index contributed by atoms with van der Waals surface area (Å²) in [5.41, 5.74) is 0.617. The first-order valence-corrected chi connectivity index (χ1v) is 12.2. The van der Waals surface area contributed by atoms with E-state index >= 15 is 0 Å². The Labute approximate surface area is 196 Å². The molecule has 1 aromatic heterocycles. The molecule has 3 aromatic carbocycles. The van der Waals surface area contributed by atoms with Crippen molar-refractivity contribution in [2.75, 3.05) is 4.72 Å². The molecule has 0 radical (unpaired) electrons. The summed E-state index contributed by atoms with van der Waals surface area (Å²) in [6.07, 6.45) is 0. The Bertz CT molecular complexity index is 1460. The molecular weight excluding hydrogens is 482 g/mol. The Balaban J connectivity index is 2.01. The Morgan fingerprint density at radius 3 is 1.76 bits per heavy atom. The van der Waals surface area contributed by atoms with E-state index in [9.17, 15) is 27.4 Å². The van der Waals surface area contributed by atoms with Gasteiger partial charge in [-0.15, -0.1) is 0 Å². The molecular formula is C21H17N5O6S2. The summed E-state index contributed by atoms with van der Waals surface area (Å²) >= 11 is -2.50. The van der Waals surface area contributed by atoms with E-state index in [0.29, 0.717) is 0 Å². The summed E-state index contributed by atoms with van der Waals surface area (Å²) in [6, 6.07) is 16.2. The topological polar surface area (TPSA) is 189 Å². The van der Waals surface area contributed by atoms with Crippen molar-refractivity contribution in [1.29, 1.82) is 0 Å². The van der Waals surface area contributed by atoms with E-state index in [4.69, 9.17) is 5.14 Å². The molecule has 0 fully saturated rings. The molecule has 0 spiro atoms. The van der Waals surface area contributed by atoms with Crippen LogP contribution >= 0.6 is 0 Å². The molecule has 0 saturated heterocycles. The van der Waals surface area contributed by atoms with Gasteiger partial charge in [0, 0.05) is 5.56 Å². The van der Waals surface area contributed by atoms with Crippen LogP contribution in [0.3, 0.4) is 0 Å². The third-order valence-electron chi connectivity index (χ3n) is 4.62. The fourth-order valence-electron chi connectivity index (χ4n) is 3.12. The molecule has 174 valence electrons. The number of para-hydroxylation sites is 2. The molecule has 0 aliphatic carbocycles. The maximum absolute atomic E-state index is 12.0. The van der Waals surface area contributed by atoms with Gasteiger partial charge in [0.15, 0.2) is 17.5 Å². The van der Waals surface area contributed by atoms with Crippen LogP contribution in [-0.2, 0) is 21.3 Å². The maximum Gasteiger partial charge on any atom is 0.259 e.